The first kappa shape index (κ1) is 15.6. The van der Waals surface area contributed by atoms with Gasteiger partial charge in [0.1, 0.15) is 11.5 Å². The fraction of sp³-hybridized carbons (Fsp3) is 0.176. The van der Waals surface area contributed by atoms with E-state index in [4.69, 9.17) is 4.74 Å². The Morgan fingerprint density at radius 1 is 1.18 bits per heavy atom. The smallest absolute Gasteiger partial charge is 0.275 e. The van der Waals surface area contributed by atoms with Crippen molar-refractivity contribution in [3.8, 4) is 11.5 Å². The number of para-hydroxylation sites is 2. The lowest BCUT2D eigenvalue weighted by Gasteiger charge is -2.11. The molecule has 2 rings (SSSR count). The average Bonchev–Trinajstić information content (AvgIpc) is 2.49. The maximum Gasteiger partial charge on any atom is 0.275 e. The number of rotatable bonds is 5. The third-order valence-corrected chi connectivity index (χ3v) is 2.80. The highest BCUT2D eigenvalue weighted by Gasteiger charge is 2.09. The number of amides is 1. The predicted molar refractivity (Wildman–Crippen MR) is 85.4 cm³/mol. The molecule has 22 heavy (non-hydrogen) atoms. The lowest BCUT2D eigenvalue weighted by atomic mass is 10.2. The zero-order valence-electron chi connectivity index (χ0n) is 12.5. The second-order valence-electron chi connectivity index (χ2n) is 4.92. The van der Waals surface area contributed by atoms with Crippen molar-refractivity contribution < 1.29 is 14.6 Å². The van der Waals surface area contributed by atoms with Crippen molar-refractivity contribution in [1.29, 1.82) is 0 Å². The molecule has 2 N–H and O–H groups in total. The lowest BCUT2D eigenvalue weighted by Crippen LogP contribution is -2.17. The first-order valence-electron chi connectivity index (χ1n) is 6.95. The Hall–Kier alpha value is -2.82. The molecule has 0 aliphatic rings. The van der Waals surface area contributed by atoms with Gasteiger partial charge < -0.3 is 9.84 Å². The number of carbonyl (C=O) groups is 1. The predicted octanol–water partition coefficient (Wildman–Crippen LogP) is 2.94. The highest BCUT2D eigenvalue weighted by atomic mass is 16.5. The summed E-state index contributed by atoms with van der Waals surface area (Å²) < 4.78 is 5.66. The summed E-state index contributed by atoms with van der Waals surface area (Å²) in [6.45, 7) is 3.88. The molecule has 0 saturated heterocycles. The van der Waals surface area contributed by atoms with Crippen LogP contribution in [0.25, 0.3) is 0 Å². The highest BCUT2D eigenvalue weighted by Crippen LogP contribution is 2.17. The maximum absolute atomic E-state index is 11.9. The Kier molecular flexibility index (Phi) is 5.14. The number of hydrazone groups is 1. The third kappa shape index (κ3) is 4.09. The normalized spacial score (nSPS) is 10.9. The number of ether oxygens (including phenoxy) is 1. The second-order valence-corrected chi connectivity index (χ2v) is 4.92. The van der Waals surface area contributed by atoms with Gasteiger partial charge in [0, 0.05) is 5.56 Å². The Bertz CT molecular complexity index is 681. The van der Waals surface area contributed by atoms with Gasteiger partial charge in [0.05, 0.1) is 17.9 Å². The summed E-state index contributed by atoms with van der Waals surface area (Å²) in [7, 11) is 0. The van der Waals surface area contributed by atoms with Gasteiger partial charge in [0.15, 0.2) is 0 Å². The van der Waals surface area contributed by atoms with Crippen molar-refractivity contribution >= 4 is 12.1 Å². The molecule has 0 saturated carbocycles. The van der Waals surface area contributed by atoms with Crippen LogP contribution in [0, 0.1) is 0 Å². The zero-order valence-corrected chi connectivity index (χ0v) is 12.5. The highest BCUT2D eigenvalue weighted by molar-refractivity contribution is 5.97. The molecule has 2 aromatic rings. The molecule has 0 aliphatic carbocycles. The molecule has 0 aliphatic heterocycles. The summed E-state index contributed by atoms with van der Waals surface area (Å²) >= 11 is 0. The van der Waals surface area contributed by atoms with Crippen LogP contribution in [-0.2, 0) is 0 Å². The van der Waals surface area contributed by atoms with E-state index in [9.17, 15) is 9.90 Å². The monoisotopic (exact) mass is 298 g/mol. The van der Waals surface area contributed by atoms with Gasteiger partial charge in [-0.2, -0.15) is 5.10 Å². The summed E-state index contributed by atoms with van der Waals surface area (Å²) in [6, 6.07) is 13.7. The van der Waals surface area contributed by atoms with Gasteiger partial charge in [-0.15, -0.1) is 0 Å². The van der Waals surface area contributed by atoms with E-state index >= 15 is 0 Å². The molecule has 5 heteroatoms. The Morgan fingerprint density at radius 2 is 1.86 bits per heavy atom. The van der Waals surface area contributed by atoms with Gasteiger partial charge in [-0.05, 0) is 38.1 Å². The number of benzene rings is 2. The number of carbonyl (C=O) groups excluding carboxylic acids is 1. The van der Waals surface area contributed by atoms with Crippen LogP contribution in [0.5, 0.6) is 11.5 Å². The van der Waals surface area contributed by atoms with Gasteiger partial charge in [-0.25, -0.2) is 5.43 Å². The summed E-state index contributed by atoms with van der Waals surface area (Å²) in [5, 5.41) is 13.5. The van der Waals surface area contributed by atoms with E-state index in [0.29, 0.717) is 5.75 Å². The zero-order chi connectivity index (χ0) is 15.9. The molecule has 0 fully saturated rings. The Labute approximate surface area is 129 Å². The van der Waals surface area contributed by atoms with E-state index in [2.05, 4.69) is 10.5 Å². The number of hydrogen-bond donors (Lipinski definition) is 2. The van der Waals surface area contributed by atoms with Crippen LogP contribution in [0.1, 0.15) is 29.8 Å². The fourth-order valence-corrected chi connectivity index (χ4v) is 1.83. The number of aromatic hydroxyl groups is 1. The number of hydrogen-bond acceptors (Lipinski definition) is 4. The molecule has 0 unspecified atom stereocenters. The molecule has 1 amide bonds. The summed E-state index contributed by atoms with van der Waals surface area (Å²) in [4.78, 5) is 11.9. The maximum atomic E-state index is 11.9. The van der Waals surface area contributed by atoms with E-state index in [1.54, 1.807) is 12.1 Å². The first-order chi connectivity index (χ1) is 10.6. The summed E-state index contributed by atoms with van der Waals surface area (Å²) in [5.74, 6) is 0.133. The van der Waals surface area contributed by atoms with E-state index in [1.165, 1.54) is 18.3 Å². The SMILES string of the molecule is CC(C)Oc1ccccc1/C=N/NC(=O)c1ccccc1O. The molecule has 0 radical (unpaired) electrons. The fourth-order valence-electron chi connectivity index (χ4n) is 1.83. The molecule has 0 aromatic heterocycles. The van der Waals surface area contributed by atoms with E-state index in [-0.39, 0.29) is 17.4 Å². The van der Waals surface area contributed by atoms with Crippen molar-refractivity contribution in [3.63, 3.8) is 0 Å². The number of nitrogens with one attached hydrogen (secondary N) is 1. The van der Waals surface area contributed by atoms with Crippen molar-refractivity contribution in [1.82, 2.24) is 5.43 Å². The molecule has 5 nitrogen and oxygen atoms in total. The molecule has 0 spiro atoms. The number of nitrogens with zero attached hydrogens (tertiary/aromatic N) is 1. The van der Waals surface area contributed by atoms with Crippen LogP contribution in [0.3, 0.4) is 0 Å². The number of phenols is 1. The van der Waals surface area contributed by atoms with Crippen LogP contribution in [0.4, 0.5) is 0 Å². The Balaban J connectivity index is 2.07. The molecule has 0 heterocycles. The minimum absolute atomic E-state index is 0.0467. The van der Waals surface area contributed by atoms with Crippen LogP contribution in [0.2, 0.25) is 0 Å². The number of phenolic OH excluding ortho intramolecular Hbond substituents is 1. The molecular weight excluding hydrogens is 280 g/mol. The van der Waals surface area contributed by atoms with Crippen molar-refractivity contribution in [2.24, 2.45) is 5.10 Å². The van der Waals surface area contributed by atoms with Crippen molar-refractivity contribution in [2.75, 3.05) is 0 Å². The standard InChI is InChI=1S/C17H18N2O3/c1-12(2)22-16-10-6-3-7-13(16)11-18-19-17(21)14-8-4-5-9-15(14)20/h3-12,20H,1-2H3,(H,19,21)/b18-11+. The summed E-state index contributed by atoms with van der Waals surface area (Å²) in [6.07, 6.45) is 1.56. The molecule has 0 bridgehead atoms. The topological polar surface area (TPSA) is 70.9 Å². The van der Waals surface area contributed by atoms with Gasteiger partial charge in [0.25, 0.3) is 5.91 Å². The molecule has 114 valence electrons. The average molecular weight is 298 g/mol. The minimum Gasteiger partial charge on any atom is -0.507 e. The largest absolute Gasteiger partial charge is 0.507 e. The minimum atomic E-state index is -0.475. The van der Waals surface area contributed by atoms with Gasteiger partial charge in [-0.3, -0.25) is 4.79 Å². The third-order valence-electron chi connectivity index (χ3n) is 2.80. The lowest BCUT2D eigenvalue weighted by molar-refractivity contribution is 0.0952. The van der Waals surface area contributed by atoms with Gasteiger partial charge in [0.2, 0.25) is 0 Å². The molecule has 2 aromatic carbocycles. The Morgan fingerprint density at radius 3 is 2.59 bits per heavy atom. The second kappa shape index (κ2) is 7.26. The van der Waals surface area contributed by atoms with E-state index < -0.39 is 5.91 Å². The van der Waals surface area contributed by atoms with E-state index in [1.807, 2.05) is 38.1 Å². The van der Waals surface area contributed by atoms with Crippen LogP contribution in [0.15, 0.2) is 53.6 Å². The summed E-state index contributed by atoms with van der Waals surface area (Å²) in [5.41, 5.74) is 3.31. The first-order valence-corrected chi connectivity index (χ1v) is 6.95. The van der Waals surface area contributed by atoms with Crippen LogP contribution < -0.4 is 10.2 Å². The van der Waals surface area contributed by atoms with Crippen LogP contribution >= 0.6 is 0 Å². The quantitative estimate of drug-likeness (QED) is 0.658. The van der Waals surface area contributed by atoms with Crippen molar-refractivity contribution in [2.45, 2.75) is 20.0 Å². The van der Waals surface area contributed by atoms with E-state index in [0.717, 1.165) is 5.56 Å². The van der Waals surface area contributed by atoms with Gasteiger partial charge >= 0.3 is 0 Å². The van der Waals surface area contributed by atoms with Gasteiger partial charge in [-0.1, -0.05) is 24.3 Å². The van der Waals surface area contributed by atoms with Crippen molar-refractivity contribution in [3.05, 3.63) is 59.7 Å². The molecule has 0 atom stereocenters. The van der Waals surface area contributed by atoms with Crippen LogP contribution in [-0.4, -0.2) is 23.3 Å². The molecular formula is C17H18N2O3.